The lowest BCUT2D eigenvalue weighted by Crippen LogP contribution is -2.51. The fourth-order valence-electron chi connectivity index (χ4n) is 2.24. The monoisotopic (exact) mass is 301 g/mol. The molecule has 1 aromatic rings. The fourth-order valence-corrected chi connectivity index (χ4v) is 2.24. The molecule has 1 aliphatic heterocycles. The first-order valence-corrected chi connectivity index (χ1v) is 6.81. The van der Waals surface area contributed by atoms with Crippen LogP contribution in [0, 0.1) is 13.8 Å². The fraction of sp³-hybridized carbons (Fsp3) is 0.600. The molecule has 1 heterocycles. The molecule has 0 aromatic heterocycles. The van der Waals surface area contributed by atoms with Crippen LogP contribution in [-0.4, -0.2) is 48.6 Å². The van der Waals surface area contributed by atoms with Crippen molar-refractivity contribution in [1.82, 2.24) is 4.90 Å². The molecule has 1 aliphatic rings. The number of benzene rings is 1. The Morgan fingerprint density at radius 2 is 1.85 bits per heavy atom. The summed E-state index contributed by atoms with van der Waals surface area (Å²) < 4.78 is 11.3. The van der Waals surface area contributed by atoms with Gasteiger partial charge in [0.1, 0.15) is 11.9 Å². The van der Waals surface area contributed by atoms with Crippen LogP contribution >= 0.6 is 12.4 Å². The van der Waals surface area contributed by atoms with E-state index >= 15 is 0 Å². The van der Waals surface area contributed by atoms with Crippen molar-refractivity contribution < 1.29 is 14.6 Å². The molecule has 20 heavy (non-hydrogen) atoms. The van der Waals surface area contributed by atoms with E-state index in [1.54, 1.807) is 6.92 Å². The number of nitrogens with zero attached hydrogens (tertiary/aromatic N) is 1. The largest absolute Gasteiger partial charge is 0.472 e. The second-order valence-electron chi connectivity index (χ2n) is 5.14. The van der Waals surface area contributed by atoms with E-state index < -0.39 is 6.10 Å². The van der Waals surface area contributed by atoms with Gasteiger partial charge in [0.05, 0.1) is 13.2 Å². The number of hydrogen-bond acceptors (Lipinski definition) is 4. The van der Waals surface area contributed by atoms with Gasteiger partial charge in [-0.05, 0) is 44.0 Å². The maximum Gasteiger partial charge on any atom is 0.178 e. The minimum absolute atomic E-state index is 0. The Morgan fingerprint density at radius 1 is 1.20 bits per heavy atom. The molecule has 2 rings (SSSR count). The van der Waals surface area contributed by atoms with E-state index in [9.17, 15) is 5.11 Å². The molecular formula is C15H24ClNO3. The van der Waals surface area contributed by atoms with Crippen LogP contribution in [-0.2, 0) is 4.74 Å². The average Bonchev–Trinajstić information content (AvgIpc) is 2.40. The molecule has 0 radical (unpaired) electrons. The first-order chi connectivity index (χ1) is 9.08. The van der Waals surface area contributed by atoms with Crippen molar-refractivity contribution in [1.29, 1.82) is 0 Å². The lowest BCUT2D eigenvalue weighted by atomic mass is 10.1. The highest BCUT2D eigenvalue weighted by molar-refractivity contribution is 5.85. The number of rotatable bonds is 4. The number of aliphatic hydroxyl groups is 1. The molecular weight excluding hydrogens is 278 g/mol. The Morgan fingerprint density at radius 3 is 2.40 bits per heavy atom. The Hall–Kier alpha value is -0.810. The van der Waals surface area contributed by atoms with Crippen molar-refractivity contribution in [2.45, 2.75) is 33.1 Å². The normalized spacial score (nSPS) is 19.0. The minimum Gasteiger partial charge on any atom is -0.472 e. The highest BCUT2D eigenvalue weighted by atomic mass is 35.5. The van der Waals surface area contributed by atoms with Gasteiger partial charge in [0.15, 0.2) is 6.23 Å². The van der Waals surface area contributed by atoms with E-state index in [1.807, 2.05) is 18.2 Å². The van der Waals surface area contributed by atoms with Crippen LogP contribution in [0.15, 0.2) is 18.2 Å². The quantitative estimate of drug-likeness (QED) is 0.925. The van der Waals surface area contributed by atoms with Gasteiger partial charge < -0.3 is 14.6 Å². The summed E-state index contributed by atoms with van der Waals surface area (Å²) in [5.41, 5.74) is 2.44. The van der Waals surface area contributed by atoms with E-state index in [1.165, 1.54) is 11.1 Å². The first kappa shape index (κ1) is 17.2. The maximum absolute atomic E-state index is 9.94. The van der Waals surface area contributed by atoms with Gasteiger partial charge in [0, 0.05) is 13.1 Å². The molecule has 0 bridgehead atoms. The molecule has 0 spiro atoms. The molecule has 0 aliphatic carbocycles. The smallest absolute Gasteiger partial charge is 0.178 e. The van der Waals surface area contributed by atoms with Crippen LogP contribution in [0.2, 0.25) is 0 Å². The third-order valence-electron chi connectivity index (χ3n) is 3.55. The highest BCUT2D eigenvalue weighted by Gasteiger charge is 2.26. The predicted molar refractivity (Wildman–Crippen MR) is 81.7 cm³/mol. The van der Waals surface area contributed by atoms with Crippen LogP contribution in [0.3, 0.4) is 0 Å². The minimum atomic E-state index is -0.542. The molecule has 4 nitrogen and oxygen atoms in total. The van der Waals surface area contributed by atoms with Crippen LogP contribution < -0.4 is 4.74 Å². The van der Waals surface area contributed by atoms with Crippen molar-refractivity contribution in [3.8, 4) is 5.75 Å². The van der Waals surface area contributed by atoms with E-state index in [2.05, 4.69) is 18.7 Å². The summed E-state index contributed by atoms with van der Waals surface area (Å²) in [7, 11) is 0. The van der Waals surface area contributed by atoms with Gasteiger partial charge in [-0.25, -0.2) is 0 Å². The Kier molecular flexibility index (Phi) is 6.76. The maximum atomic E-state index is 9.94. The molecule has 5 heteroatoms. The van der Waals surface area contributed by atoms with Crippen LogP contribution in [0.25, 0.3) is 0 Å². The van der Waals surface area contributed by atoms with Gasteiger partial charge in [-0.2, -0.15) is 0 Å². The molecule has 1 N–H and O–H groups in total. The number of aliphatic hydroxyl groups excluding tert-OH is 1. The molecule has 0 saturated carbocycles. The summed E-state index contributed by atoms with van der Waals surface area (Å²) in [5.74, 6) is 0.806. The van der Waals surface area contributed by atoms with Gasteiger partial charge >= 0.3 is 0 Å². The topological polar surface area (TPSA) is 41.9 Å². The summed E-state index contributed by atoms with van der Waals surface area (Å²) in [6.45, 7) is 8.88. The first-order valence-electron chi connectivity index (χ1n) is 6.81. The summed E-state index contributed by atoms with van der Waals surface area (Å²) in [6.07, 6.45) is -0.856. The van der Waals surface area contributed by atoms with E-state index in [4.69, 9.17) is 9.47 Å². The summed E-state index contributed by atoms with van der Waals surface area (Å²) in [4.78, 5) is 2.13. The number of hydrogen-bond donors (Lipinski definition) is 1. The molecule has 114 valence electrons. The third-order valence-corrected chi connectivity index (χ3v) is 3.55. The zero-order chi connectivity index (χ0) is 13.8. The molecule has 0 amide bonds. The number of ether oxygens (including phenoxy) is 2. The Labute approximate surface area is 127 Å². The molecule has 2 atom stereocenters. The van der Waals surface area contributed by atoms with Crippen molar-refractivity contribution in [3.05, 3.63) is 29.3 Å². The van der Waals surface area contributed by atoms with Crippen molar-refractivity contribution in [3.63, 3.8) is 0 Å². The second kappa shape index (κ2) is 7.84. The van der Waals surface area contributed by atoms with Crippen molar-refractivity contribution in [2.24, 2.45) is 0 Å². The number of morpholine rings is 1. The van der Waals surface area contributed by atoms with Crippen LogP contribution in [0.4, 0.5) is 0 Å². The molecule has 2 unspecified atom stereocenters. The molecule has 1 aromatic carbocycles. The molecule has 1 fully saturated rings. The Bertz CT molecular complexity index is 420. The van der Waals surface area contributed by atoms with Gasteiger partial charge in [0.25, 0.3) is 0 Å². The van der Waals surface area contributed by atoms with Crippen LogP contribution in [0.1, 0.15) is 18.1 Å². The summed E-state index contributed by atoms with van der Waals surface area (Å²) >= 11 is 0. The van der Waals surface area contributed by atoms with Crippen LogP contribution in [0.5, 0.6) is 5.75 Å². The highest BCUT2D eigenvalue weighted by Crippen LogP contribution is 2.20. The second-order valence-corrected chi connectivity index (χ2v) is 5.14. The van der Waals surface area contributed by atoms with Gasteiger partial charge in [-0.1, -0.05) is 6.07 Å². The van der Waals surface area contributed by atoms with Gasteiger partial charge in [-0.3, -0.25) is 4.90 Å². The zero-order valence-corrected chi connectivity index (χ0v) is 13.2. The average molecular weight is 302 g/mol. The summed E-state index contributed by atoms with van der Waals surface area (Å²) in [5, 5.41) is 9.94. The lowest BCUT2D eigenvalue weighted by Gasteiger charge is -2.35. The summed E-state index contributed by atoms with van der Waals surface area (Å²) in [6, 6.07) is 6.02. The SMILES string of the molecule is Cc1ccc(OC(C(C)O)N2CCOCC2)cc1C.Cl. The Balaban J connectivity index is 0.00000200. The van der Waals surface area contributed by atoms with Crippen molar-refractivity contribution in [2.75, 3.05) is 26.3 Å². The van der Waals surface area contributed by atoms with Crippen molar-refractivity contribution >= 4 is 12.4 Å². The molecule has 1 saturated heterocycles. The van der Waals surface area contributed by atoms with Gasteiger partial charge in [0.2, 0.25) is 0 Å². The van der Waals surface area contributed by atoms with E-state index in [0.29, 0.717) is 13.2 Å². The predicted octanol–water partition coefficient (Wildman–Crippen LogP) is 2.14. The van der Waals surface area contributed by atoms with Gasteiger partial charge in [-0.15, -0.1) is 12.4 Å². The third kappa shape index (κ3) is 4.35. The van der Waals surface area contributed by atoms with E-state index in [-0.39, 0.29) is 18.6 Å². The van der Waals surface area contributed by atoms with E-state index in [0.717, 1.165) is 18.8 Å². The number of halogens is 1. The lowest BCUT2D eigenvalue weighted by molar-refractivity contribution is -0.0941. The zero-order valence-electron chi connectivity index (χ0n) is 12.3. The number of aryl methyl sites for hydroxylation is 2. The standard InChI is InChI=1S/C15H23NO3.ClH/c1-11-4-5-14(10-12(11)2)19-15(13(3)17)16-6-8-18-9-7-16;/h4-5,10,13,15,17H,6-9H2,1-3H3;1H.